The van der Waals surface area contributed by atoms with Crippen molar-refractivity contribution in [1.82, 2.24) is 0 Å². The van der Waals surface area contributed by atoms with Gasteiger partial charge >= 0.3 is 0 Å². The first kappa shape index (κ1) is 18.1. The lowest BCUT2D eigenvalue weighted by molar-refractivity contribution is 0.248. The van der Waals surface area contributed by atoms with E-state index in [1.807, 2.05) is 12.1 Å². The molecule has 1 nitrogen and oxygen atoms in total. The Kier molecular flexibility index (Phi) is 8.23. The minimum absolute atomic E-state index is 0.771. The summed E-state index contributed by atoms with van der Waals surface area (Å²) in [5.74, 6) is 1.95. The van der Waals surface area contributed by atoms with Gasteiger partial charge in [0.15, 0.2) is 0 Å². The average Bonchev–Trinajstić information content (AvgIpc) is 2.61. The summed E-state index contributed by atoms with van der Waals surface area (Å²) in [6, 6.07) is 10.3. The summed E-state index contributed by atoms with van der Waals surface area (Å²) in [5.41, 5.74) is 2.16. The van der Waals surface area contributed by atoms with Crippen LogP contribution in [-0.2, 0) is 6.42 Å². The molecule has 1 saturated carbocycles. The summed E-state index contributed by atoms with van der Waals surface area (Å²) in [7, 11) is 0. The van der Waals surface area contributed by atoms with Crippen LogP contribution in [0.25, 0.3) is 0 Å². The molecule has 1 aromatic rings. The van der Waals surface area contributed by atoms with Gasteiger partial charge in [-0.15, -0.1) is 0 Å². The summed E-state index contributed by atoms with van der Waals surface area (Å²) in [6.45, 7) is 2.29. The lowest BCUT2D eigenvalue weighted by Gasteiger charge is -2.28. The van der Waals surface area contributed by atoms with E-state index in [9.17, 15) is 0 Å². The van der Waals surface area contributed by atoms with E-state index in [-0.39, 0.29) is 0 Å². The molecular weight excluding hydrogens is 278 g/mol. The van der Waals surface area contributed by atoms with Crippen molar-refractivity contribution >= 4 is 0 Å². The van der Waals surface area contributed by atoms with Crippen LogP contribution in [0.15, 0.2) is 24.3 Å². The largest absolute Gasteiger partial charge is 0.192 e. The van der Waals surface area contributed by atoms with Gasteiger partial charge in [0.2, 0.25) is 0 Å². The second-order valence-corrected chi connectivity index (χ2v) is 7.44. The van der Waals surface area contributed by atoms with Gasteiger partial charge in [0.1, 0.15) is 0 Å². The molecule has 0 spiro atoms. The van der Waals surface area contributed by atoms with Gasteiger partial charge in [-0.25, -0.2) is 0 Å². The number of benzene rings is 1. The van der Waals surface area contributed by atoms with Crippen molar-refractivity contribution in [3.05, 3.63) is 35.4 Å². The van der Waals surface area contributed by atoms with Crippen molar-refractivity contribution in [2.75, 3.05) is 0 Å². The molecule has 0 heterocycles. The van der Waals surface area contributed by atoms with E-state index in [1.165, 1.54) is 82.6 Å². The summed E-state index contributed by atoms with van der Waals surface area (Å²) < 4.78 is 0. The van der Waals surface area contributed by atoms with Crippen LogP contribution in [-0.4, -0.2) is 0 Å². The zero-order chi connectivity index (χ0) is 16.3. The minimum atomic E-state index is 0.771. The van der Waals surface area contributed by atoms with Crippen LogP contribution in [0.5, 0.6) is 0 Å². The van der Waals surface area contributed by atoms with Crippen molar-refractivity contribution in [2.24, 2.45) is 11.8 Å². The van der Waals surface area contributed by atoms with Crippen molar-refractivity contribution in [3.8, 4) is 6.07 Å². The third-order valence-electron chi connectivity index (χ3n) is 5.61. The number of nitriles is 1. The van der Waals surface area contributed by atoms with E-state index in [1.54, 1.807) is 0 Å². The second-order valence-electron chi connectivity index (χ2n) is 7.44. The number of nitrogens with zero attached hydrogens (tertiary/aromatic N) is 1. The molecule has 126 valence electrons. The molecule has 0 aromatic heterocycles. The van der Waals surface area contributed by atoms with E-state index < -0.39 is 0 Å². The van der Waals surface area contributed by atoms with Gasteiger partial charge in [0.25, 0.3) is 0 Å². The smallest absolute Gasteiger partial charge is 0.0991 e. The van der Waals surface area contributed by atoms with E-state index in [0.717, 1.165) is 17.4 Å². The predicted molar refractivity (Wildman–Crippen MR) is 98.3 cm³/mol. The van der Waals surface area contributed by atoms with Crippen LogP contribution in [0, 0.1) is 23.2 Å². The fraction of sp³-hybridized carbons (Fsp3) is 0.682. The topological polar surface area (TPSA) is 23.8 Å². The molecule has 0 unspecified atom stereocenters. The molecule has 0 saturated heterocycles. The Morgan fingerprint density at radius 2 is 1.48 bits per heavy atom. The van der Waals surface area contributed by atoms with E-state index in [2.05, 4.69) is 25.1 Å². The Labute approximate surface area is 143 Å². The van der Waals surface area contributed by atoms with Crippen LogP contribution in [0.1, 0.15) is 88.7 Å². The number of unbranched alkanes of at least 4 members (excludes halogenated alkanes) is 4. The fourth-order valence-electron chi connectivity index (χ4n) is 3.96. The number of hydrogen-bond acceptors (Lipinski definition) is 1. The van der Waals surface area contributed by atoms with Crippen LogP contribution in [0.4, 0.5) is 0 Å². The first-order valence-corrected chi connectivity index (χ1v) is 9.81. The average molecular weight is 312 g/mol. The first-order valence-electron chi connectivity index (χ1n) is 9.81. The highest BCUT2D eigenvalue weighted by atomic mass is 14.3. The zero-order valence-electron chi connectivity index (χ0n) is 14.9. The van der Waals surface area contributed by atoms with Crippen LogP contribution < -0.4 is 0 Å². The van der Waals surface area contributed by atoms with Gasteiger partial charge in [0.05, 0.1) is 11.6 Å². The highest BCUT2D eigenvalue weighted by Gasteiger charge is 2.20. The molecule has 1 aromatic carbocycles. The third-order valence-corrected chi connectivity index (χ3v) is 5.61. The van der Waals surface area contributed by atoms with Gasteiger partial charge < -0.3 is 0 Å². The normalized spacial score (nSPS) is 21.0. The van der Waals surface area contributed by atoms with Gasteiger partial charge in [-0.1, -0.05) is 83.3 Å². The molecule has 0 radical (unpaired) electrons. The monoisotopic (exact) mass is 311 g/mol. The molecule has 0 amide bonds. The number of aryl methyl sites for hydroxylation is 1. The summed E-state index contributed by atoms with van der Waals surface area (Å²) in [6.07, 6.45) is 16.9. The minimum Gasteiger partial charge on any atom is -0.192 e. The molecule has 1 fully saturated rings. The van der Waals surface area contributed by atoms with Crippen molar-refractivity contribution in [2.45, 2.75) is 84.0 Å². The lowest BCUT2D eigenvalue weighted by atomic mass is 9.77. The van der Waals surface area contributed by atoms with Crippen molar-refractivity contribution < 1.29 is 0 Å². The van der Waals surface area contributed by atoms with E-state index >= 15 is 0 Å². The molecule has 1 aliphatic rings. The molecule has 1 heteroatoms. The van der Waals surface area contributed by atoms with Crippen LogP contribution in [0.3, 0.4) is 0 Å². The van der Waals surface area contributed by atoms with Crippen LogP contribution in [0.2, 0.25) is 0 Å². The van der Waals surface area contributed by atoms with Crippen molar-refractivity contribution in [3.63, 3.8) is 0 Å². The Balaban J connectivity index is 1.58. The standard InChI is InChI=1S/C22H33N/c1-2-3-4-5-6-7-19-8-10-20(11-9-19)12-13-21-14-16-22(18-23)17-15-21/h14-17,19-20H,2-13H2,1H3. The molecular formula is C22H33N. The molecule has 2 rings (SSSR count). The Morgan fingerprint density at radius 1 is 0.870 bits per heavy atom. The van der Waals surface area contributed by atoms with Crippen molar-refractivity contribution in [1.29, 1.82) is 5.26 Å². The quantitative estimate of drug-likeness (QED) is 0.468. The molecule has 23 heavy (non-hydrogen) atoms. The van der Waals surface area contributed by atoms with E-state index in [0.29, 0.717) is 0 Å². The maximum Gasteiger partial charge on any atom is 0.0991 e. The Morgan fingerprint density at radius 3 is 2.09 bits per heavy atom. The van der Waals surface area contributed by atoms with Gasteiger partial charge in [-0.2, -0.15) is 5.26 Å². The second kappa shape index (κ2) is 10.5. The number of rotatable bonds is 9. The zero-order valence-corrected chi connectivity index (χ0v) is 14.9. The van der Waals surface area contributed by atoms with Gasteiger partial charge in [0, 0.05) is 0 Å². The third kappa shape index (κ3) is 6.78. The van der Waals surface area contributed by atoms with Gasteiger partial charge in [-0.3, -0.25) is 0 Å². The predicted octanol–water partition coefficient (Wildman–Crippen LogP) is 6.66. The number of hydrogen-bond donors (Lipinski definition) is 0. The first-order chi connectivity index (χ1) is 11.3. The maximum atomic E-state index is 8.84. The van der Waals surface area contributed by atoms with E-state index in [4.69, 9.17) is 5.26 Å². The lowest BCUT2D eigenvalue weighted by Crippen LogP contribution is -2.15. The SMILES string of the molecule is CCCCCCCC1CCC(CCc2ccc(C#N)cc2)CC1. The van der Waals surface area contributed by atoms with Crippen LogP contribution >= 0.6 is 0 Å². The molecule has 0 N–H and O–H groups in total. The molecule has 1 aliphatic carbocycles. The molecule has 0 aliphatic heterocycles. The molecule has 0 atom stereocenters. The molecule has 0 bridgehead atoms. The summed E-state index contributed by atoms with van der Waals surface area (Å²) >= 11 is 0. The summed E-state index contributed by atoms with van der Waals surface area (Å²) in [5, 5.41) is 8.84. The Bertz CT molecular complexity index is 460. The highest BCUT2D eigenvalue weighted by molar-refractivity contribution is 5.31. The van der Waals surface area contributed by atoms with Gasteiger partial charge in [-0.05, 0) is 42.4 Å². The highest BCUT2D eigenvalue weighted by Crippen LogP contribution is 2.34. The Hall–Kier alpha value is -1.29. The fourth-order valence-corrected chi connectivity index (χ4v) is 3.96. The summed E-state index contributed by atoms with van der Waals surface area (Å²) in [4.78, 5) is 0. The maximum absolute atomic E-state index is 8.84.